The van der Waals surface area contributed by atoms with E-state index in [-0.39, 0.29) is 19.3 Å². The van der Waals surface area contributed by atoms with E-state index in [2.05, 4.69) is 4.74 Å². The van der Waals surface area contributed by atoms with Gasteiger partial charge in [-0.15, -0.1) is 0 Å². The minimum absolute atomic E-state index is 0.00276. The van der Waals surface area contributed by atoms with Crippen LogP contribution >= 0.6 is 0 Å². The van der Waals surface area contributed by atoms with Crippen LogP contribution in [0.5, 0.6) is 0 Å². The van der Waals surface area contributed by atoms with Crippen molar-refractivity contribution in [2.24, 2.45) is 5.41 Å². The SMILES string of the molecule is CCC(C)(COC(C)C)C(=O)OCC(=O)OC1CCOC1=O. The van der Waals surface area contributed by atoms with Gasteiger partial charge in [0.1, 0.15) is 0 Å². The van der Waals surface area contributed by atoms with Gasteiger partial charge in [0.15, 0.2) is 6.61 Å². The van der Waals surface area contributed by atoms with Gasteiger partial charge >= 0.3 is 17.9 Å². The molecule has 1 heterocycles. The summed E-state index contributed by atoms with van der Waals surface area (Å²) >= 11 is 0. The normalized spacial score (nSPS) is 20.4. The second-order valence-corrected chi connectivity index (χ2v) is 5.78. The maximum Gasteiger partial charge on any atom is 0.347 e. The number of hydrogen-bond donors (Lipinski definition) is 0. The van der Waals surface area contributed by atoms with E-state index in [1.807, 2.05) is 20.8 Å². The van der Waals surface area contributed by atoms with Crippen molar-refractivity contribution < 1.29 is 33.3 Å². The minimum atomic E-state index is -0.895. The molecule has 1 aliphatic rings. The fraction of sp³-hybridized carbons (Fsp3) is 0.800. The Bertz CT molecular complexity index is 418. The van der Waals surface area contributed by atoms with Crippen LogP contribution in [-0.4, -0.2) is 49.9 Å². The van der Waals surface area contributed by atoms with Crippen LogP contribution in [0.2, 0.25) is 0 Å². The summed E-state index contributed by atoms with van der Waals surface area (Å²) in [5.41, 5.74) is -0.823. The van der Waals surface area contributed by atoms with E-state index in [4.69, 9.17) is 14.2 Å². The molecule has 0 aliphatic carbocycles. The summed E-state index contributed by atoms with van der Waals surface area (Å²) in [6.45, 7) is 7.23. The fourth-order valence-corrected chi connectivity index (χ4v) is 1.73. The molecule has 7 nitrogen and oxygen atoms in total. The van der Waals surface area contributed by atoms with E-state index in [9.17, 15) is 14.4 Å². The monoisotopic (exact) mass is 316 g/mol. The van der Waals surface area contributed by atoms with Gasteiger partial charge in [0, 0.05) is 6.42 Å². The number of carbonyl (C=O) groups excluding carboxylic acids is 3. The molecule has 0 aromatic heterocycles. The molecule has 0 bridgehead atoms. The molecule has 2 atom stereocenters. The van der Waals surface area contributed by atoms with Crippen molar-refractivity contribution in [3.8, 4) is 0 Å². The van der Waals surface area contributed by atoms with Crippen LogP contribution in [0.4, 0.5) is 0 Å². The van der Waals surface area contributed by atoms with Crippen molar-refractivity contribution in [3.63, 3.8) is 0 Å². The standard InChI is InChI=1S/C15H24O7/c1-5-15(4,9-21-10(2)3)14(18)20-8-12(16)22-11-6-7-19-13(11)17/h10-11H,5-9H2,1-4H3. The van der Waals surface area contributed by atoms with Gasteiger partial charge in [0.25, 0.3) is 0 Å². The van der Waals surface area contributed by atoms with Gasteiger partial charge in [-0.2, -0.15) is 0 Å². The summed E-state index contributed by atoms with van der Waals surface area (Å²) < 4.78 is 20.0. The Balaban J connectivity index is 2.42. The average molecular weight is 316 g/mol. The number of cyclic esters (lactones) is 1. The largest absolute Gasteiger partial charge is 0.463 e. The average Bonchev–Trinajstić information content (AvgIpc) is 2.87. The Hall–Kier alpha value is -1.63. The summed E-state index contributed by atoms with van der Waals surface area (Å²) in [5, 5.41) is 0. The van der Waals surface area contributed by atoms with Crippen LogP contribution in [0.15, 0.2) is 0 Å². The third-order valence-corrected chi connectivity index (χ3v) is 3.49. The van der Waals surface area contributed by atoms with Gasteiger partial charge in [0.05, 0.1) is 24.7 Å². The van der Waals surface area contributed by atoms with E-state index in [0.717, 1.165) is 0 Å². The third kappa shape index (κ3) is 5.29. The Morgan fingerprint density at radius 2 is 2.09 bits per heavy atom. The van der Waals surface area contributed by atoms with Crippen LogP contribution < -0.4 is 0 Å². The van der Waals surface area contributed by atoms with Crippen molar-refractivity contribution in [2.45, 2.75) is 52.7 Å². The number of hydrogen-bond acceptors (Lipinski definition) is 7. The third-order valence-electron chi connectivity index (χ3n) is 3.49. The molecule has 2 unspecified atom stereocenters. The van der Waals surface area contributed by atoms with Crippen molar-refractivity contribution >= 4 is 17.9 Å². The highest BCUT2D eigenvalue weighted by Gasteiger charge is 2.35. The maximum absolute atomic E-state index is 12.1. The highest BCUT2D eigenvalue weighted by Crippen LogP contribution is 2.24. The Labute approximate surface area is 130 Å². The number of rotatable bonds is 8. The van der Waals surface area contributed by atoms with E-state index in [1.165, 1.54) is 0 Å². The second kappa shape index (κ2) is 8.12. The summed E-state index contributed by atoms with van der Waals surface area (Å²) in [7, 11) is 0. The summed E-state index contributed by atoms with van der Waals surface area (Å²) in [6, 6.07) is 0. The second-order valence-electron chi connectivity index (χ2n) is 5.78. The smallest absolute Gasteiger partial charge is 0.347 e. The molecule has 1 rings (SSSR count). The fourth-order valence-electron chi connectivity index (χ4n) is 1.73. The lowest BCUT2D eigenvalue weighted by atomic mass is 9.89. The molecular formula is C15H24O7. The van der Waals surface area contributed by atoms with Gasteiger partial charge in [-0.1, -0.05) is 6.92 Å². The Morgan fingerprint density at radius 1 is 1.41 bits per heavy atom. The first-order valence-electron chi connectivity index (χ1n) is 7.43. The van der Waals surface area contributed by atoms with E-state index in [0.29, 0.717) is 12.8 Å². The molecule has 1 aliphatic heterocycles. The van der Waals surface area contributed by atoms with E-state index in [1.54, 1.807) is 6.92 Å². The lowest BCUT2D eigenvalue weighted by Crippen LogP contribution is -2.36. The molecule has 22 heavy (non-hydrogen) atoms. The zero-order valence-electron chi connectivity index (χ0n) is 13.5. The topological polar surface area (TPSA) is 88.1 Å². The molecular weight excluding hydrogens is 292 g/mol. The summed E-state index contributed by atoms with van der Waals surface area (Å²) in [6.07, 6.45) is -0.0549. The van der Waals surface area contributed by atoms with Gasteiger partial charge in [-0.25, -0.2) is 9.59 Å². The van der Waals surface area contributed by atoms with Crippen LogP contribution in [0.25, 0.3) is 0 Å². The quantitative estimate of drug-likeness (QED) is 0.491. The van der Waals surface area contributed by atoms with Crippen LogP contribution in [0.1, 0.15) is 40.5 Å². The molecule has 0 N–H and O–H groups in total. The highest BCUT2D eigenvalue weighted by molar-refractivity contribution is 5.83. The summed E-state index contributed by atoms with van der Waals surface area (Å²) in [5.74, 6) is -1.86. The molecule has 0 saturated carbocycles. The zero-order valence-corrected chi connectivity index (χ0v) is 13.5. The van der Waals surface area contributed by atoms with Crippen LogP contribution in [0, 0.1) is 5.41 Å². The van der Waals surface area contributed by atoms with E-state index < -0.39 is 36.0 Å². The Kier molecular flexibility index (Phi) is 6.80. The first-order valence-corrected chi connectivity index (χ1v) is 7.43. The van der Waals surface area contributed by atoms with Crippen molar-refractivity contribution in [1.82, 2.24) is 0 Å². The first kappa shape index (κ1) is 18.4. The predicted molar refractivity (Wildman–Crippen MR) is 75.9 cm³/mol. The van der Waals surface area contributed by atoms with Gasteiger partial charge < -0.3 is 18.9 Å². The van der Waals surface area contributed by atoms with Crippen LogP contribution in [0.3, 0.4) is 0 Å². The zero-order chi connectivity index (χ0) is 16.8. The molecule has 0 aromatic carbocycles. The van der Waals surface area contributed by atoms with Crippen LogP contribution in [-0.2, 0) is 33.3 Å². The van der Waals surface area contributed by atoms with Crippen molar-refractivity contribution in [2.75, 3.05) is 19.8 Å². The van der Waals surface area contributed by atoms with Gasteiger partial charge in [-0.3, -0.25) is 4.79 Å². The maximum atomic E-state index is 12.1. The molecule has 1 saturated heterocycles. The van der Waals surface area contributed by atoms with E-state index >= 15 is 0 Å². The van der Waals surface area contributed by atoms with Gasteiger partial charge in [0.2, 0.25) is 6.10 Å². The van der Waals surface area contributed by atoms with Gasteiger partial charge in [-0.05, 0) is 27.2 Å². The molecule has 0 aromatic rings. The Morgan fingerprint density at radius 3 is 2.59 bits per heavy atom. The lowest BCUT2D eigenvalue weighted by molar-refractivity contribution is -0.172. The predicted octanol–water partition coefficient (Wildman–Crippen LogP) is 1.23. The van der Waals surface area contributed by atoms with Crippen molar-refractivity contribution in [1.29, 1.82) is 0 Å². The molecule has 1 fully saturated rings. The highest BCUT2D eigenvalue weighted by atomic mass is 16.6. The van der Waals surface area contributed by atoms with Crippen molar-refractivity contribution in [3.05, 3.63) is 0 Å². The first-order chi connectivity index (χ1) is 10.3. The molecule has 0 spiro atoms. The summed E-state index contributed by atoms with van der Waals surface area (Å²) in [4.78, 5) is 34.9. The minimum Gasteiger partial charge on any atom is -0.463 e. The molecule has 0 amide bonds. The molecule has 0 radical (unpaired) electrons. The number of esters is 3. The molecule has 7 heteroatoms. The lowest BCUT2D eigenvalue weighted by Gasteiger charge is -2.26. The number of carbonyl (C=O) groups is 3. The number of ether oxygens (including phenoxy) is 4. The molecule has 126 valence electrons.